The van der Waals surface area contributed by atoms with E-state index in [4.69, 9.17) is 0 Å². The third-order valence-corrected chi connectivity index (χ3v) is 5.66. The predicted molar refractivity (Wildman–Crippen MR) is 89.9 cm³/mol. The number of rotatable bonds is 6. The molecule has 0 aromatic carbocycles. The fraction of sp³-hybridized carbons (Fsp3) is 0.889. The van der Waals surface area contributed by atoms with Crippen molar-refractivity contribution in [3.05, 3.63) is 0 Å². The SMILES string of the molecule is CCC(C)(CCO)NC(=O)C1CC(=O)N(C2CCCCCC2)C1. The third-order valence-electron chi connectivity index (χ3n) is 5.66. The molecule has 2 atom stereocenters. The molecule has 2 unspecified atom stereocenters. The number of carbonyl (C=O) groups is 2. The molecule has 0 spiro atoms. The predicted octanol–water partition coefficient (Wildman–Crippen LogP) is 2.22. The quantitative estimate of drug-likeness (QED) is 0.736. The Morgan fingerprint density at radius 2 is 1.96 bits per heavy atom. The van der Waals surface area contributed by atoms with Crippen LogP contribution >= 0.6 is 0 Å². The smallest absolute Gasteiger partial charge is 0.225 e. The van der Waals surface area contributed by atoms with E-state index < -0.39 is 0 Å². The van der Waals surface area contributed by atoms with E-state index in [1.165, 1.54) is 25.7 Å². The lowest BCUT2D eigenvalue weighted by atomic mass is 9.93. The van der Waals surface area contributed by atoms with Gasteiger partial charge in [0.25, 0.3) is 0 Å². The molecule has 5 nitrogen and oxygen atoms in total. The van der Waals surface area contributed by atoms with Crippen LogP contribution in [-0.2, 0) is 9.59 Å². The van der Waals surface area contributed by atoms with Gasteiger partial charge in [-0.3, -0.25) is 9.59 Å². The van der Waals surface area contributed by atoms with Gasteiger partial charge in [0.1, 0.15) is 0 Å². The molecular weight excluding hydrogens is 292 g/mol. The Kier molecular flexibility index (Phi) is 6.45. The molecule has 2 aliphatic rings. The normalized spacial score (nSPS) is 26.0. The van der Waals surface area contributed by atoms with Gasteiger partial charge in [0, 0.05) is 31.2 Å². The second-order valence-corrected chi connectivity index (χ2v) is 7.47. The van der Waals surface area contributed by atoms with E-state index in [9.17, 15) is 14.7 Å². The van der Waals surface area contributed by atoms with Crippen molar-refractivity contribution in [2.24, 2.45) is 5.92 Å². The van der Waals surface area contributed by atoms with Crippen molar-refractivity contribution in [1.82, 2.24) is 10.2 Å². The van der Waals surface area contributed by atoms with Crippen LogP contribution in [0.5, 0.6) is 0 Å². The Morgan fingerprint density at radius 1 is 1.30 bits per heavy atom. The number of amides is 2. The molecule has 2 N–H and O–H groups in total. The molecule has 23 heavy (non-hydrogen) atoms. The Morgan fingerprint density at radius 3 is 2.52 bits per heavy atom. The fourth-order valence-corrected chi connectivity index (χ4v) is 3.80. The molecule has 1 heterocycles. The zero-order valence-electron chi connectivity index (χ0n) is 14.6. The summed E-state index contributed by atoms with van der Waals surface area (Å²) in [5.41, 5.74) is -0.384. The zero-order chi connectivity index (χ0) is 16.9. The molecule has 0 aromatic rings. The molecule has 1 aliphatic carbocycles. The minimum absolute atomic E-state index is 0.0349. The van der Waals surface area contributed by atoms with Crippen molar-refractivity contribution >= 4 is 11.8 Å². The van der Waals surface area contributed by atoms with Gasteiger partial charge in [-0.1, -0.05) is 32.6 Å². The van der Waals surface area contributed by atoms with Crippen molar-refractivity contribution in [3.8, 4) is 0 Å². The molecule has 1 aliphatic heterocycles. The van der Waals surface area contributed by atoms with Gasteiger partial charge in [-0.25, -0.2) is 0 Å². The highest BCUT2D eigenvalue weighted by Crippen LogP contribution is 2.28. The molecule has 132 valence electrons. The molecule has 2 fully saturated rings. The summed E-state index contributed by atoms with van der Waals surface area (Å²) in [5, 5.41) is 12.2. The fourth-order valence-electron chi connectivity index (χ4n) is 3.80. The molecular formula is C18H32N2O3. The van der Waals surface area contributed by atoms with E-state index >= 15 is 0 Å². The van der Waals surface area contributed by atoms with Crippen molar-refractivity contribution in [1.29, 1.82) is 0 Å². The minimum atomic E-state index is -0.384. The summed E-state index contributed by atoms with van der Waals surface area (Å²) in [5.74, 6) is -0.139. The second kappa shape index (κ2) is 8.13. The number of likely N-dealkylation sites (tertiary alicyclic amines) is 1. The Labute approximate surface area is 139 Å². The van der Waals surface area contributed by atoms with Gasteiger partial charge < -0.3 is 15.3 Å². The monoisotopic (exact) mass is 324 g/mol. The zero-order valence-corrected chi connectivity index (χ0v) is 14.6. The number of carbonyl (C=O) groups excluding carboxylic acids is 2. The van der Waals surface area contributed by atoms with E-state index in [1.54, 1.807) is 0 Å². The van der Waals surface area contributed by atoms with E-state index in [0.29, 0.717) is 25.4 Å². The first-order chi connectivity index (χ1) is 11.0. The molecule has 0 bridgehead atoms. The van der Waals surface area contributed by atoms with E-state index in [1.807, 2.05) is 18.7 Å². The average Bonchev–Trinajstić information content (AvgIpc) is 2.74. The minimum Gasteiger partial charge on any atom is -0.396 e. The maximum atomic E-state index is 12.6. The average molecular weight is 324 g/mol. The summed E-state index contributed by atoms with van der Waals surface area (Å²) in [6.07, 6.45) is 8.71. The lowest BCUT2D eigenvalue weighted by Gasteiger charge is -2.31. The molecule has 1 saturated heterocycles. The number of nitrogens with one attached hydrogen (secondary N) is 1. The first-order valence-electron chi connectivity index (χ1n) is 9.21. The van der Waals surface area contributed by atoms with Crippen LogP contribution in [0, 0.1) is 5.92 Å². The van der Waals surface area contributed by atoms with Gasteiger partial charge in [0.15, 0.2) is 0 Å². The Hall–Kier alpha value is -1.10. The number of nitrogens with zero attached hydrogens (tertiary/aromatic N) is 1. The Bertz CT molecular complexity index is 418. The highest BCUT2D eigenvalue weighted by molar-refractivity contribution is 5.89. The summed E-state index contributed by atoms with van der Waals surface area (Å²) in [4.78, 5) is 26.9. The van der Waals surface area contributed by atoms with Gasteiger partial charge in [0.05, 0.1) is 5.92 Å². The summed E-state index contributed by atoms with van der Waals surface area (Å²) < 4.78 is 0. The maximum Gasteiger partial charge on any atom is 0.225 e. The molecule has 2 rings (SSSR count). The molecule has 0 aromatic heterocycles. The molecule has 5 heteroatoms. The van der Waals surface area contributed by atoms with Crippen LogP contribution in [0.25, 0.3) is 0 Å². The van der Waals surface area contributed by atoms with Crippen molar-refractivity contribution < 1.29 is 14.7 Å². The highest BCUT2D eigenvalue weighted by Gasteiger charge is 2.39. The van der Waals surface area contributed by atoms with E-state index in [-0.39, 0.29) is 29.9 Å². The summed E-state index contributed by atoms with van der Waals surface area (Å²) in [7, 11) is 0. The van der Waals surface area contributed by atoms with Gasteiger partial charge in [-0.2, -0.15) is 0 Å². The third kappa shape index (κ3) is 4.69. The van der Waals surface area contributed by atoms with Crippen LogP contribution in [0.15, 0.2) is 0 Å². The number of aliphatic hydroxyl groups excluding tert-OH is 1. The molecule has 0 radical (unpaired) electrons. The summed E-state index contributed by atoms with van der Waals surface area (Å²) >= 11 is 0. The van der Waals surface area contributed by atoms with Crippen LogP contribution in [0.3, 0.4) is 0 Å². The lowest BCUT2D eigenvalue weighted by molar-refractivity contribution is -0.130. The van der Waals surface area contributed by atoms with Gasteiger partial charge in [-0.15, -0.1) is 0 Å². The first-order valence-corrected chi connectivity index (χ1v) is 9.21. The van der Waals surface area contributed by atoms with Crippen LogP contribution in [0.4, 0.5) is 0 Å². The number of hydrogen-bond donors (Lipinski definition) is 2. The van der Waals surface area contributed by atoms with Crippen LogP contribution < -0.4 is 5.32 Å². The van der Waals surface area contributed by atoms with E-state index in [2.05, 4.69) is 5.32 Å². The van der Waals surface area contributed by atoms with Crippen LogP contribution in [-0.4, -0.2) is 46.6 Å². The highest BCUT2D eigenvalue weighted by atomic mass is 16.3. The Balaban J connectivity index is 1.94. The van der Waals surface area contributed by atoms with Crippen LogP contribution in [0.2, 0.25) is 0 Å². The second-order valence-electron chi connectivity index (χ2n) is 7.47. The standard InChI is InChI=1S/C18H32N2O3/c1-3-18(2,10-11-21)19-17(23)14-12-16(22)20(13-14)15-8-6-4-5-7-9-15/h14-15,21H,3-13H2,1-2H3,(H,19,23). The maximum absolute atomic E-state index is 12.6. The first kappa shape index (κ1) is 18.2. The summed E-state index contributed by atoms with van der Waals surface area (Å²) in [6.45, 7) is 4.59. The summed E-state index contributed by atoms with van der Waals surface area (Å²) in [6, 6.07) is 0.331. The van der Waals surface area contributed by atoms with Gasteiger partial charge >= 0.3 is 0 Å². The molecule has 1 saturated carbocycles. The molecule has 2 amide bonds. The van der Waals surface area contributed by atoms with Crippen molar-refractivity contribution in [3.63, 3.8) is 0 Å². The number of aliphatic hydroxyl groups is 1. The van der Waals surface area contributed by atoms with Gasteiger partial charge in [0.2, 0.25) is 11.8 Å². The topological polar surface area (TPSA) is 69.6 Å². The lowest BCUT2D eigenvalue weighted by Crippen LogP contribution is -2.49. The van der Waals surface area contributed by atoms with Gasteiger partial charge in [-0.05, 0) is 32.6 Å². The number of hydrogen-bond acceptors (Lipinski definition) is 3. The largest absolute Gasteiger partial charge is 0.396 e. The van der Waals surface area contributed by atoms with Crippen molar-refractivity contribution in [2.45, 2.75) is 83.2 Å². The van der Waals surface area contributed by atoms with Crippen LogP contribution in [0.1, 0.15) is 71.6 Å². The van der Waals surface area contributed by atoms with E-state index in [0.717, 1.165) is 19.3 Å². The van der Waals surface area contributed by atoms with Crippen molar-refractivity contribution in [2.75, 3.05) is 13.2 Å².